The molecule has 0 amide bonds. The van der Waals surface area contributed by atoms with E-state index in [0.29, 0.717) is 30.1 Å². The summed E-state index contributed by atoms with van der Waals surface area (Å²) in [6.07, 6.45) is 13.9. The van der Waals surface area contributed by atoms with Crippen LogP contribution in [0.2, 0.25) is 0 Å². The summed E-state index contributed by atoms with van der Waals surface area (Å²) in [4.78, 5) is 0. The van der Waals surface area contributed by atoms with E-state index in [4.69, 9.17) is 0 Å². The lowest BCUT2D eigenvalue weighted by Gasteiger charge is -2.44. The van der Waals surface area contributed by atoms with Crippen molar-refractivity contribution in [1.29, 1.82) is 0 Å². The molecule has 3 fully saturated rings. The van der Waals surface area contributed by atoms with Gasteiger partial charge < -0.3 is 15.3 Å². The van der Waals surface area contributed by atoms with Crippen molar-refractivity contribution in [1.82, 2.24) is 0 Å². The highest BCUT2D eigenvalue weighted by atomic mass is 16.3. The monoisotopic (exact) mass is 416 g/mol. The van der Waals surface area contributed by atoms with Crippen molar-refractivity contribution in [3.8, 4) is 0 Å². The summed E-state index contributed by atoms with van der Waals surface area (Å²) in [5.74, 6) is 2.11. The normalized spacial score (nSPS) is 38.8. The van der Waals surface area contributed by atoms with Gasteiger partial charge in [0.05, 0.1) is 17.8 Å². The molecular weight excluding hydrogens is 372 g/mol. The summed E-state index contributed by atoms with van der Waals surface area (Å²) >= 11 is 0. The summed E-state index contributed by atoms with van der Waals surface area (Å²) in [7, 11) is 0. The number of fused-ring (bicyclic) bond motifs is 1. The molecule has 0 aliphatic heterocycles. The molecule has 0 bridgehead atoms. The van der Waals surface area contributed by atoms with Crippen LogP contribution in [0.4, 0.5) is 0 Å². The molecule has 0 aromatic carbocycles. The molecule has 0 aromatic heterocycles. The van der Waals surface area contributed by atoms with Crippen LogP contribution >= 0.6 is 0 Å². The average molecular weight is 417 g/mol. The van der Waals surface area contributed by atoms with Gasteiger partial charge in [-0.05, 0) is 93.1 Å². The summed E-state index contributed by atoms with van der Waals surface area (Å²) in [5, 5.41) is 30.2. The molecule has 30 heavy (non-hydrogen) atoms. The number of rotatable bonds is 6. The third-order valence-electron chi connectivity index (χ3n) is 8.44. The molecule has 170 valence electrons. The number of aliphatic hydroxyl groups excluding tert-OH is 2. The van der Waals surface area contributed by atoms with Crippen LogP contribution in [0.1, 0.15) is 91.9 Å². The predicted molar refractivity (Wildman–Crippen MR) is 124 cm³/mol. The van der Waals surface area contributed by atoms with Crippen LogP contribution in [0.25, 0.3) is 0 Å². The van der Waals surface area contributed by atoms with Crippen LogP contribution in [0.5, 0.6) is 0 Å². The molecule has 3 N–H and O–H groups in total. The van der Waals surface area contributed by atoms with Gasteiger partial charge in [0, 0.05) is 6.42 Å². The topological polar surface area (TPSA) is 60.7 Å². The van der Waals surface area contributed by atoms with Crippen molar-refractivity contribution >= 4 is 0 Å². The van der Waals surface area contributed by atoms with E-state index in [1.807, 2.05) is 13.8 Å². The second-order valence-corrected chi connectivity index (χ2v) is 11.3. The third-order valence-corrected chi connectivity index (χ3v) is 8.44. The molecule has 0 spiro atoms. The lowest BCUT2D eigenvalue weighted by atomic mass is 9.60. The maximum Gasteiger partial charge on any atom is 0.0811 e. The maximum atomic E-state index is 10.1. The fraction of sp³-hybridized carbons (Fsp3) is 0.778. The zero-order valence-electron chi connectivity index (χ0n) is 19.7. The van der Waals surface area contributed by atoms with Crippen LogP contribution in [0.3, 0.4) is 0 Å². The minimum Gasteiger partial charge on any atom is -0.393 e. The van der Waals surface area contributed by atoms with Gasteiger partial charge in [0.2, 0.25) is 0 Å². The van der Waals surface area contributed by atoms with Crippen molar-refractivity contribution in [3.63, 3.8) is 0 Å². The molecule has 3 saturated carbocycles. The minimum atomic E-state index is -0.615. The van der Waals surface area contributed by atoms with Gasteiger partial charge in [0.1, 0.15) is 0 Å². The fourth-order valence-corrected chi connectivity index (χ4v) is 6.74. The third kappa shape index (κ3) is 5.29. The Balaban J connectivity index is 1.70. The predicted octanol–water partition coefficient (Wildman–Crippen LogP) is 5.70. The van der Waals surface area contributed by atoms with Gasteiger partial charge in [-0.3, -0.25) is 0 Å². The largest absolute Gasteiger partial charge is 0.393 e. The molecule has 0 radical (unpaired) electrons. The highest BCUT2D eigenvalue weighted by Crippen LogP contribution is 2.60. The van der Waals surface area contributed by atoms with E-state index >= 15 is 0 Å². The number of hydrogen-bond acceptors (Lipinski definition) is 3. The molecule has 3 aliphatic carbocycles. The van der Waals surface area contributed by atoms with Gasteiger partial charge in [-0.1, -0.05) is 51.0 Å². The summed E-state index contributed by atoms with van der Waals surface area (Å²) < 4.78 is 0. The highest BCUT2D eigenvalue weighted by molar-refractivity contribution is 5.38. The molecule has 0 heterocycles. The second-order valence-electron chi connectivity index (χ2n) is 11.3. The average Bonchev–Trinajstić information content (AvgIpc) is 3.00. The van der Waals surface area contributed by atoms with Gasteiger partial charge in [0.25, 0.3) is 0 Å². The van der Waals surface area contributed by atoms with E-state index in [-0.39, 0.29) is 0 Å². The van der Waals surface area contributed by atoms with Crippen molar-refractivity contribution in [2.75, 3.05) is 0 Å². The zero-order chi connectivity index (χ0) is 22.1. The lowest BCUT2D eigenvalue weighted by molar-refractivity contribution is 0.0596. The summed E-state index contributed by atoms with van der Waals surface area (Å²) in [6, 6.07) is 0. The minimum absolute atomic E-state index is 0.374. The van der Waals surface area contributed by atoms with Crippen molar-refractivity contribution in [2.24, 2.45) is 23.2 Å². The smallest absolute Gasteiger partial charge is 0.0811 e. The van der Waals surface area contributed by atoms with E-state index in [1.165, 1.54) is 38.5 Å². The van der Waals surface area contributed by atoms with Crippen LogP contribution < -0.4 is 0 Å². The van der Waals surface area contributed by atoms with E-state index in [0.717, 1.165) is 29.9 Å². The van der Waals surface area contributed by atoms with E-state index < -0.39 is 17.8 Å². The molecule has 3 nitrogen and oxygen atoms in total. The highest BCUT2D eigenvalue weighted by Gasteiger charge is 2.50. The van der Waals surface area contributed by atoms with Crippen molar-refractivity contribution < 1.29 is 15.3 Å². The molecular formula is C27H44O3. The second kappa shape index (κ2) is 9.30. The molecule has 0 saturated heterocycles. The molecule has 3 aliphatic rings. The lowest BCUT2D eigenvalue weighted by Crippen LogP contribution is -2.36. The Hall–Kier alpha value is -0.900. The number of allylic oxidation sites excluding steroid dienone is 3. The van der Waals surface area contributed by atoms with Crippen molar-refractivity contribution in [2.45, 2.75) is 110 Å². The first-order valence-corrected chi connectivity index (χ1v) is 12.2. The first kappa shape index (κ1) is 23.8. The number of hydrogen-bond donors (Lipinski definition) is 3. The quantitative estimate of drug-likeness (QED) is 0.520. The standard InChI is InChI=1S/C27H44O3/c1-18(8-6-14-26(3,4)30)23-12-13-24-20(9-7-15-27(23,24)5)10-11-21-16-22(28)17-25(29)19(21)2/h10-11,18,22-25,28-30H,2,6-9,12-17H2,1,3-5H3/t18?,22?,23?,24-,25?,27+/m0/s1. The first-order chi connectivity index (χ1) is 14.0. The van der Waals surface area contributed by atoms with Gasteiger partial charge >= 0.3 is 0 Å². The number of aliphatic hydroxyl groups is 3. The van der Waals surface area contributed by atoms with Crippen LogP contribution in [0, 0.1) is 23.2 Å². The van der Waals surface area contributed by atoms with E-state index in [1.54, 1.807) is 5.57 Å². The van der Waals surface area contributed by atoms with Crippen molar-refractivity contribution in [3.05, 3.63) is 35.5 Å². The van der Waals surface area contributed by atoms with Gasteiger partial charge in [-0.2, -0.15) is 0 Å². The Kier molecular flexibility index (Phi) is 7.37. The molecule has 6 atom stereocenters. The Morgan fingerprint density at radius 1 is 1.23 bits per heavy atom. The van der Waals surface area contributed by atoms with Crippen LogP contribution in [-0.2, 0) is 0 Å². The Bertz CT molecular complexity index is 683. The van der Waals surface area contributed by atoms with Gasteiger partial charge in [-0.25, -0.2) is 0 Å². The van der Waals surface area contributed by atoms with Gasteiger partial charge in [0.15, 0.2) is 0 Å². The first-order valence-electron chi connectivity index (χ1n) is 12.2. The van der Waals surface area contributed by atoms with Crippen LogP contribution in [-0.4, -0.2) is 33.1 Å². The maximum absolute atomic E-state index is 10.1. The Labute approximate surface area is 184 Å². The summed E-state index contributed by atoms with van der Waals surface area (Å²) in [5.41, 5.74) is 3.17. The molecule has 3 heteroatoms. The van der Waals surface area contributed by atoms with Gasteiger partial charge in [-0.15, -0.1) is 0 Å². The molecule has 3 rings (SSSR count). The zero-order valence-corrected chi connectivity index (χ0v) is 19.7. The van der Waals surface area contributed by atoms with E-state index in [2.05, 4.69) is 32.6 Å². The van der Waals surface area contributed by atoms with Crippen LogP contribution in [0.15, 0.2) is 35.5 Å². The van der Waals surface area contributed by atoms with E-state index in [9.17, 15) is 15.3 Å². The Morgan fingerprint density at radius 2 is 1.97 bits per heavy atom. The molecule has 0 aromatic rings. The fourth-order valence-electron chi connectivity index (χ4n) is 6.74. The SMILES string of the molecule is C=C1C(=CC=C2CCC[C@]3(C)C(C(C)CCCC(C)(C)O)CC[C@@H]23)CC(O)CC1O. The Morgan fingerprint density at radius 3 is 2.67 bits per heavy atom. The summed E-state index contributed by atoms with van der Waals surface area (Å²) in [6.45, 7) is 12.8. The molecule has 4 unspecified atom stereocenters.